The average molecular weight is 383 g/mol. The van der Waals surface area contributed by atoms with Crippen LogP contribution in [0.15, 0.2) is 32.5 Å². The standard InChI is InChI=1S/C11H7Br2F2NS/c12-6-1-2-17-11(6)5-16-10-3-7(13)8(14)4-9(10)15/h1-4,16H,5H2. The van der Waals surface area contributed by atoms with Gasteiger partial charge in [-0.25, -0.2) is 8.78 Å². The van der Waals surface area contributed by atoms with Crippen molar-refractivity contribution in [1.29, 1.82) is 0 Å². The first kappa shape index (κ1) is 13.0. The van der Waals surface area contributed by atoms with Crippen molar-refractivity contribution in [3.8, 4) is 0 Å². The van der Waals surface area contributed by atoms with Crippen LogP contribution in [0.2, 0.25) is 0 Å². The maximum Gasteiger partial charge on any atom is 0.149 e. The molecule has 6 heteroatoms. The highest BCUT2D eigenvalue weighted by atomic mass is 79.9. The molecule has 1 aromatic heterocycles. The second-order valence-electron chi connectivity index (χ2n) is 3.29. The third-order valence-corrected chi connectivity index (χ3v) is 4.67. The van der Waals surface area contributed by atoms with E-state index in [9.17, 15) is 8.78 Å². The van der Waals surface area contributed by atoms with Gasteiger partial charge in [0.15, 0.2) is 0 Å². The van der Waals surface area contributed by atoms with Crippen LogP contribution >= 0.6 is 43.2 Å². The van der Waals surface area contributed by atoms with Gasteiger partial charge in [-0.05, 0) is 49.4 Å². The lowest BCUT2D eigenvalue weighted by molar-refractivity contribution is 0.580. The summed E-state index contributed by atoms with van der Waals surface area (Å²) in [6.45, 7) is 0.493. The Kier molecular flexibility index (Phi) is 4.17. The van der Waals surface area contributed by atoms with E-state index in [1.165, 1.54) is 6.07 Å². The van der Waals surface area contributed by atoms with Crippen molar-refractivity contribution in [3.63, 3.8) is 0 Å². The second-order valence-corrected chi connectivity index (χ2v) is 6.00. The Bertz CT molecular complexity index is 542. The van der Waals surface area contributed by atoms with Crippen molar-refractivity contribution in [1.82, 2.24) is 0 Å². The van der Waals surface area contributed by atoms with E-state index in [4.69, 9.17) is 0 Å². The Labute approximate surface area is 118 Å². The molecule has 1 aromatic carbocycles. The number of benzene rings is 1. The number of hydrogen-bond donors (Lipinski definition) is 1. The van der Waals surface area contributed by atoms with Gasteiger partial charge in [-0.3, -0.25) is 0 Å². The predicted molar refractivity (Wildman–Crippen MR) is 73.4 cm³/mol. The summed E-state index contributed by atoms with van der Waals surface area (Å²) in [5, 5.41) is 4.88. The van der Waals surface area contributed by atoms with Crippen molar-refractivity contribution in [2.75, 3.05) is 5.32 Å². The van der Waals surface area contributed by atoms with Crippen LogP contribution in [-0.4, -0.2) is 0 Å². The fraction of sp³-hybridized carbons (Fsp3) is 0.0909. The summed E-state index contributed by atoms with van der Waals surface area (Å²) >= 11 is 7.98. The maximum absolute atomic E-state index is 13.4. The molecule has 0 aliphatic carbocycles. The molecule has 1 N–H and O–H groups in total. The van der Waals surface area contributed by atoms with Crippen molar-refractivity contribution in [2.45, 2.75) is 6.54 Å². The van der Waals surface area contributed by atoms with E-state index in [0.29, 0.717) is 6.54 Å². The van der Waals surface area contributed by atoms with E-state index >= 15 is 0 Å². The largest absolute Gasteiger partial charge is 0.378 e. The zero-order valence-corrected chi connectivity index (χ0v) is 12.4. The maximum atomic E-state index is 13.4. The lowest BCUT2D eigenvalue weighted by Gasteiger charge is -2.08. The number of halogens is 4. The molecule has 0 radical (unpaired) electrons. The highest BCUT2D eigenvalue weighted by Gasteiger charge is 2.09. The summed E-state index contributed by atoms with van der Waals surface area (Å²) in [5.41, 5.74) is 0.276. The van der Waals surface area contributed by atoms with Crippen molar-refractivity contribution in [3.05, 3.63) is 49.0 Å². The molecule has 0 atom stereocenters. The monoisotopic (exact) mass is 381 g/mol. The van der Waals surface area contributed by atoms with Crippen LogP contribution in [0.1, 0.15) is 4.88 Å². The molecule has 0 unspecified atom stereocenters. The fourth-order valence-electron chi connectivity index (χ4n) is 1.28. The van der Waals surface area contributed by atoms with E-state index in [0.717, 1.165) is 15.4 Å². The zero-order valence-electron chi connectivity index (χ0n) is 8.44. The topological polar surface area (TPSA) is 12.0 Å². The number of anilines is 1. The smallest absolute Gasteiger partial charge is 0.149 e. The number of hydrogen-bond acceptors (Lipinski definition) is 2. The number of thiophene rings is 1. The van der Waals surface area contributed by atoms with Gasteiger partial charge in [0.25, 0.3) is 0 Å². The second kappa shape index (κ2) is 5.46. The highest BCUT2D eigenvalue weighted by Crippen LogP contribution is 2.27. The Morgan fingerprint density at radius 3 is 2.53 bits per heavy atom. The van der Waals surface area contributed by atoms with Crippen LogP contribution in [0.5, 0.6) is 0 Å². The van der Waals surface area contributed by atoms with Crippen LogP contribution in [0.4, 0.5) is 14.5 Å². The molecule has 0 spiro atoms. The molecule has 2 aromatic rings. The molecule has 1 nitrogen and oxygen atoms in total. The highest BCUT2D eigenvalue weighted by molar-refractivity contribution is 9.10. The molecule has 0 saturated carbocycles. The fourth-order valence-corrected chi connectivity index (χ4v) is 3.06. The van der Waals surface area contributed by atoms with Gasteiger partial charge in [0.2, 0.25) is 0 Å². The van der Waals surface area contributed by atoms with Crippen molar-refractivity contribution in [2.24, 2.45) is 0 Å². The van der Waals surface area contributed by atoms with Gasteiger partial charge in [0.05, 0.1) is 16.7 Å². The number of nitrogens with one attached hydrogen (secondary N) is 1. The van der Waals surface area contributed by atoms with Gasteiger partial charge >= 0.3 is 0 Å². The normalized spacial score (nSPS) is 10.6. The molecule has 0 saturated heterocycles. The molecule has 0 aliphatic heterocycles. The minimum absolute atomic E-state index is 0.242. The van der Waals surface area contributed by atoms with Gasteiger partial charge < -0.3 is 5.32 Å². The third kappa shape index (κ3) is 3.05. The lowest BCUT2D eigenvalue weighted by atomic mass is 10.3. The summed E-state index contributed by atoms with van der Waals surface area (Å²) in [7, 11) is 0. The van der Waals surface area contributed by atoms with E-state index in [-0.39, 0.29) is 10.2 Å². The quantitative estimate of drug-likeness (QED) is 0.722. The Morgan fingerprint density at radius 1 is 1.12 bits per heavy atom. The SMILES string of the molecule is Fc1cc(F)c(NCc2sccc2Br)cc1Br. The van der Waals surface area contributed by atoms with Gasteiger partial charge in [-0.1, -0.05) is 0 Å². The molecule has 2 rings (SSSR count). The van der Waals surface area contributed by atoms with E-state index in [1.54, 1.807) is 11.3 Å². The van der Waals surface area contributed by atoms with Gasteiger partial charge in [0.1, 0.15) is 11.6 Å². The lowest BCUT2D eigenvalue weighted by Crippen LogP contribution is -2.01. The van der Waals surface area contributed by atoms with Crippen LogP contribution in [-0.2, 0) is 6.54 Å². The first-order chi connectivity index (χ1) is 8.08. The Hall–Kier alpha value is -0.460. The van der Waals surface area contributed by atoms with Gasteiger partial charge in [0, 0.05) is 15.4 Å². The molecule has 0 amide bonds. The summed E-state index contributed by atoms with van der Waals surface area (Å²) in [5.74, 6) is -1.20. The molecule has 0 fully saturated rings. The van der Waals surface area contributed by atoms with E-state index < -0.39 is 11.6 Å². The molecular weight excluding hydrogens is 376 g/mol. The van der Waals surface area contributed by atoms with Crippen LogP contribution in [0.25, 0.3) is 0 Å². The van der Waals surface area contributed by atoms with E-state index in [2.05, 4.69) is 37.2 Å². The summed E-state index contributed by atoms with van der Waals surface area (Å²) < 4.78 is 27.7. The summed E-state index contributed by atoms with van der Waals surface area (Å²) in [6, 6.07) is 4.18. The van der Waals surface area contributed by atoms with Crippen LogP contribution < -0.4 is 5.32 Å². The molecule has 0 aliphatic rings. The van der Waals surface area contributed by atoms with E-state index in [1.807, 2.05) is 11.4 Å². The average Bonchev–Trinajstić information content (AvgIpc) is 2.68. The minimum atomic E-state index is -0.606. The molecule has 90 valence electrons. The third-order valence-electron chi connectivity index (χ3n) is 2.14. The van der Waals surface area contributed by atoms with Gasteiger partial charge in [-0.15, -0.1) is 11.3 Å². The zero-order chi connectivity index (χ0) is 12.4. The van der Waals surface area contributed by atoms with Crippen molar-refractivity contribution >= 4 is 48.9 Å². The summed E-state index contributed by atoms with van der Waals surface area (Å²) in [4.78, 5) is 1.06. The van der Waals surface area contributed by atoms with Gasteiger partial charge in [-0.2, -0.15) is 0 Å². The first-order valence-electron chi connectivity index (χ1n) is 4.68. The molecular formula is C11H7Br2F2NS. The molecule has 1 heterocycles. The molecule has 0 bridgehead atoms. The Balaban J connectivity index is 2.14. The predicted octanol–water partition coefficient (Wildman–Crippen LogP) is 5.16. The van der Waals surface area contributed by atoms with Crippen LogP contribution in [0, 0.1) is 11.6 Å². The molecule has 17 heavy (non-hydrogen) atoms. The Morgan fingerprint density at radius 2 is 1.88 bits per heavy atom. The summed E-state index contributed by atoms with van der Waals surface area (Å²) in [6.07, 6.45) is 0. The van der Waals surface area contributed by atoms with Crippen LogP contribution in [0.3, 0.4) is 0 Å². The van der Waals surface area contributed by atoms with Crippen molar-refractivity contribution < 1.29 is 8.78 Å². The minimum Gasteiger partial charge on any atom is -0.378 e. The first-order valence-corrected chi connectivity index (χ1v) is 7.15. The number of rotatable bonds is 3.